The number of likely N-dealkylation sites (N-methyl/N-ethyl adjacent to an activating group) is 1. The van der Waals surface area contributed by atoms with E-state index in [9.17, 15) is 14.0 Å². The van der Waals surface area contributed by atoms with Crippen molar-refractivity contribution in [2.45, 2.75) is 13.0 Å². The Bertz CT molecular complexity index is 550. The van der Waals surface area contributed by atoms with Gasteiger partial charge in [-0.15, -0.1) is 0 Å². The van der Waals surface area contributed by atoms with Gasteiger partial charge in [0, 0.05) is 18.7 Å². The first-order chi connectivity index (χ1) is 10.0. The molecule has 0 radical (unpaired) electrons. The Labute approximate surface area is 122 Å². The summed E-state index contributed by atoms with van der Waals surface area (Å²) in [7, 11) is 1.77. The van der Waals surface area contributed by atoms with Crippen LogP contribution in [0, 0.1) is 11.7 Å². The zero-order valence-corrected chi connectivity index (χ0v) is 11.9. The van der Waals surface area contributed by atoms with Gasteiger partial charge in [0.05, 0.1) is 24.8 Å². The zero-order valence-electron chi connectivity index (χ0n) is 11.9. The molecule has 1 heterocycles. The summed E-state index contributed by atoms with van der Waals surface area (Å²) in [5.74, 6) is -1.44. The minimum Gasteiger partial charge on any atom is -0.379 e. The maximum absolute atomic E-state index is 13.5. The third kappa shape index (κ3) is 3.77. The molecular weight excluding hydrogens is 277 g/mol. The molecule has 3 N–H and O–H groups in total. The molecular formula is C14H18FN3O3. The number of nitrogens with one attached hydrogen (secondary N) is 3. The second kappa shape index (κ2) is 6.64. The quantitative estimate of drug-likeness (QED) is 0.773. The van der Waals surface area contributed by atoms with Gasteiger partial charge in [-0.25, -0.2) is 4.39 Å². The first-order valence-electron chi connectivity index (χ1n) is 6.64. The predicted octanol–water partition coefficient (Wildman–Crippen LogP) is 0.957. The fraction of sp³-hybridized carbons (Fsp3) is 0.429. The average Bonchev–Trinajstić information content (AvgIpc) is 2.90. The molecule has 0 aromatic heterocycles. The van der Waals surface area contributed by atoms with Gasteiger partial charge in [0.25, 0.3) is 0 Å². The molecule has 1 aromatic carbocycles. The molecule has 1 aliphatic heterocycles. The summed E-state index contributed by atoms with van der Waals surface area (Å²) in [5.41, 5.74) is 0.458. The SMILES string of the molecule is CNC1COCC1C(=O)Nc1ccc(F)c(NC(C)=O)c1. The lowest BCUT2D eigenvalue weighted by Crippen LogP contribution is -2.39. The Hall–Kier alpha value is -1.99. The van der Waals surface area contributed by atoms with E-state index in [0.717, 1.165) is 0 Å². The minimum absolute atomic E-state index is 0.0353. The number of carbonyl (C=O) groups is 2. The van der Waals surface area contributed by atoms with Crippen molar-refractivity contribution in [3.8, 4) is 0 Å². The molecule has 2 amide bonds. The molecule has 2 atom stereocenters. The largest absolute Gasteiger partial charge is 0.379 e. The van der Waals surface area contributed by atoms with Crippen molar-refractivity contribution >= 4 is 23.2 Å². The third-order valence-corrected chi connectivity index (χ3v) is 3.33. The lowest BCUT2D eigenvalue weighted by Gasteiger charge is -2.17. The summed E-state index contributed by atoms with van der Waals surface area (Å²) in [6.45, 7) is 2.12. The molecule has 6 nitrogen and oxygen atoms in total. The Morgan fingerprint density at radius 2 is 2.05 bits per heavy atom. The van der Waals surface area contributed by atoms with E-state index in [4.69, 9.17) is 4.74 Å². The van der Waals surface area contributed by atoms with Gasteiger partial charge >= 0.3 is 0 Å². The molecule has 0 bridgehead atoms. The van der Waals surface area contributed by atoms with Gasteiger partial charge in [0.1, 0.15) is 5.82 Å². The molecule has 2 unspecified atom stereocenters. The Kier molecular flexibility index (Phi) is 4.87. The smallest absolute Gasteiger partial charge is 0.231 e. The van der Waals surface area contributed by atoms with E-state index in [1.165, 1.54) is 25.1 Å². The van der Waals surface area contributed by atoms with E-state index in [1.807, 2.05) is 0 Å². The Morgan fingerprint density at radius 3 is 2.71 bits per heavy atom. The summed E-state index contributed by atoms with van der Waals surface area (Å²) in [5, 5.41) is 8.11. The van der Waals surface area contributed by atoms with Gasteiger partial charge in [0.2, 0.25) is 11.8 Å². The van der Waals surface area contributed by atoms with Gasteiger partial charge in [-0.2, -0.15) is 0 Å². The highest BCUT2D eigenvalue weighted by Crippen LogP contribution is 2.21. The van der Waals surface area contributed by atoms with Gasteiger partial charge in [-0.05, 0) is 25.2 Å². The fourth-order valence-corrected chi connectivity index (χ4v) is 2.22. The molecule has 7 heteroatoms. The van der Waals surface area contributed by atoms with E-state index in [2.05, 4.69) is 16.0 Å². The lowest BCUT2D eigenvalue weighted by atomic mass is 10.0. The number of hydrogen-bond acceptors (Lipinski definition) is 4. The van der Waals surface area contributed by atoms with Crippen LogP contribution in [0.25, 0.3) is 0 Å². The fourth-order valence-electron chi connectivity index (χ4n) is 2.22. The van der Waals surface area contributed by atoms with Crippen molar-refractivity contribution in [2.24, 2.45) is 5.92 Å². The number of anilines is 2. The molecule has 1 saturated heterocycles. The molecule has 1 aliphatic rings. The standard InChI is InChI=1S/C14H18FN3O3/c1-8(19)17-12-5-9(3-4-11(12)15)18-14(20)10-6-21-7-13(10)16-2/h3-5,10,13,16H,6-7H2,1-2H3,(H,17,19)(H,18,20). The number of rotatable bonds is 4. The first-order valence-corrected chi connectivity index (χ1v) is 6.64. The molecule has 0 saturated carbocycles. The van der Waals surface area contributed by atoms with E-state index in [0.29, 0.717) is 18.9 Å². The molecule has 1 aromatic rings. The highest BCUT2D eigenvalue weighted by molar-refractivity contribution is 5.95. The molecule has 0 spiro atoms. The summed E-state index contributed by atoms with van der Waals surface area (Å²) in [6.07, 6.45) is 0. The zero-order chi connectivity index (χ0) is 15.4. The van der Waals surface area contributed by atoms with E-state index in [-0.39, 0.29) is 29.5 Å². The Balaban J connectivity index is 2.08. The number of benzene rings is 1. The van der Waals surface area contributed by atoms with Crippen molar-refractivity contribution in [3.63, 3.8) is 0 Å². The maximum atomic E-state index is 13.5. The van der Waals surface area contributed by atoms with Gasteiger partial charge < -0.3 is 20.7 Å². The highest BCUT2D eigenvalue weighted by Gasteiger charge is 2.33. The summed E-state index contributed by atoms with van der Waals surface area (Å²) in [6, 6.07) is 3.99. The number of ether oxygens (including phenoxy) is 1. The molecule has 2 rings (SSSR count). The van der Waals surface area contributed by atoms with Crippen LogP contribution in [0.3, 0.4) is 0 Å². The molecule has 114 valence electrons. The van der Waals surface area contributed by atoms with E-state index >= 15 is 0 Å². The van der Waals surface area contributed by atoms with Crippen LogP contribution in [0.5, 0.6) is 0 Å². The van der Waals surface area contributed by atoms with Gasteiger partial charge in [-0.1, -0.05) is 0 Å². The monoisotopic (exact) mass is 295 g/mol. The van der Waals surface area contributed by atoms with Crippen LogP contribution in [0.1, 0.15) is 6.92 Å². The van der Waals surface area contributed by atoms with Crippen LogP contribution in [-0.4, -0.2) is 38.1 Å². The minimum atomic E-state index is -0.555. The van der Waals surface area contributed by atoms with Crippen LogP contribution in [0.4, 0.5) is 15.8 Å². The second-order valence-corrected chi connectivity index (χ2v) is 4.90. The van der Waals surface area contributed by atoms with E-state index in [1.54, 1.807) is 7.05 Å². The van der Waals surface area contributed by atoms with E-state index < -0.39 is 5.82 Å². The average molecular weight is 295 g/mol. The normalized spacial score (nSPS) is 21.1. The topological polar surface area (TPSA) is 79.5 Å². The summed E-state index contributed by atoms with van der Waals surface area (Å²) < 4.78 is 18.8. The van der Waals surface area contributed by atoms with Crippen molar-refractivity contribution < 1.29 is 18.7 Å². The molecule has 0 aliphatic carbocycles. The molecule has 21 heavy (non-hydrogen) atoms. The third-order valence-electron chi connectivity index (χ3n) is 3.33. The summed E-state index contributed by atoms with van der Waals surface area (Å²) in [4.78, 5) is 23.2. The number of amides is 2. The van der Waals surface area contributed by atoms with Crippen LogP contribution in [-0.2, 0) is 14.3 Å². The summed E-state index contributed by atoms with van der Waals surface area (Å²) >= 11 is 0. The molecule has 1 fully saturated rings. The first kappa shape index (κ1) is 15.4. The number of hydrogen-bond donors (Lipinski definition) is 3. The maximum Gasteiger partial charge on any atom is 0.231 e. The van der Waals surface area contributed by atoms with Crippen LogP contribution in [0.15, 0.2) is 18.2 Å². The van der Waals surface area contributed by atoms with Crippen LogP contribution in [0.2, 0.25) is 0 Å². The van der Waals surface area contributed by atoms with Gasteiger partial charge in [-0.3, -0.25) is 9.59 Å². The highest BCUT2D eigenvalue weighted by atomic mass is 19.1. The van der Waals surface area contributed by atoms with Crippen molar-refractivity contribution in [1.29, 1.82) is 0 Å². The van der Waals surface area contributed by atoms with Crippen molar-refractivity contribution in [3.05, 3.63) is 24.0 Å². The van der Waals surface area contributed by atoms with Gasteiger partial charge in [0.15, 0.2) is 0 Å². The predicted molar refractivity (Wildman–Crippen MR) is 76.5 cm³/mol. The number of halogens is 1. The second-order valence-electron chi connectivity index (χ2n) is 4.90. The number of carbonyl (C=O) groups excluding carboxylic acids is 2. The van der Waals surface area contributed by atoms with Crippen LogP contribution < -0.4 is 16.0 Å². The Morgan fingerprint density at radius 1 is 1.29 bits per heavy atom. The van der Waals surface area contributed by atoms with Crippen molar-refractivity contribution in [2.75, 3.05) is 30.9 Å². The van der Waals surface area contributed by atoms with Crippen molar-refractivity contribution in [1.82, 2.24) is 5.32 Å². The van der Waals surface area contributed by atoms with Crippen LogP contribution >= 0.6 is 0 Å². The lowest BCUT2D eigenvalue weighted by molar-refractivity contribution is -0.120.